The molecule has 1 aromatic heterocycles. The van der Waals surface area contributed by atoms with Gasteiger partial charge in [-0.3, -0.25) is 9.59 Å². The number of nitrogens with two attached hydrogens (primary N) is 1. The molecule has 4 N–H and O–H groups in total. The van der Waals surface area contributed by atoms with Gasteiger partial charge in [0.2, 0.25) is 5.56 Å². The van der Waals surface area contributed by atoms with E-state index in [1.807, 2.05) is 13.0 Å². The predicted molar refractivity (Wildman–Crippen MR) is 78.3 cm³/mol. The molecule has 0 unspecified atom stereocenters. The van der Waals surface area contributed by atoms with Gasteiger partial charge in [0.05, 0.1) is 11.4 Å². The summed E-state index contributed by atoms with van der Waals surface area (Å²) in [5, 5.41) is 2.69. The number of anilines is 2. The second-order valence-corrected chi connectivity index (χ2v) is 4.99. The molecule has 0 bridgehead atoms. The van der Waals surface area contributed by atoms with Crippen molar-refractivity contribution in [3.63, 3.8) is 0 Å². The first-order valence-corrected chi connectivity index (χ1v) is 6.33. The highest BCUT2D eigenvalue weighted by Crippen LogP contribution is 2.27. The van der Waals surface area contributed by atoms with Crippen LogP contribution in [0, 0.1) is 6.92 Å². The quantitative estimate of drug-likeness (QED) is 0.741. The summed E-state index contributed by atoms with van der Waals surface area (Å²) in [5.41, 5.74) is 7.55. The molecule has 0 aliphatic rings. The monoisotopic (exact) mass is 321 g/mol. The van der Waals surface area contributed by atoms with Crippen LogP contribution in [0.5, 0.6) is 0 Å². The summed E-state index contributed by atoms with van der Waals surface area (Å²) in [6.45, 7) is 1.84. The van der Waals surface area contributed by atoms with E-state index >= 15 is 0 Å². The average molecular weight is 322 g/mol. The zero-order chi connectivity index (χ0) is 14.0. The number of hydrogen-bond acceptors (Lipinski definition) is 3. The molecule has 2 aromatic rings. The molecule has 5 nitrogen and oxygen atoms in total. The highest BCUT2D eigenvalue weighted by atomic mass is 79.9. The topological polar surface area (TPSA) is 88.0 Å². The van der Waals surface area contributed by atoms with E-state index < -0.39 is 5.91 Å². The van der Waals surface area contributed by atoms with Crippen molar-refractivity contribution in [1.82, 2.24) is 4.98 Å². The zero-order valence-electron chi connectivity index (χ0n) is 10.2. The van der Waals surface area contributed by atoms with Crippen molar-refractivity contribution in [3.8, 4) is 0 Å². The number of halogens is 1. The lowest BCUT2D eigenvalue weighted by Crippen LogP contribution is -2.19. The first-order valence-electron chi connectivity index (χ1n) is 5.53. The van der Waals surface area contributed by atoms with Crippen molar-refractivity contribution in [2.45, 2.75) is 6.92 Å². The number of amides is 1. The molecule has 19 heavy (non-hydrogen) atoms. The highest BCUT2D eigenvalue weighted by Gasteiger charge is 2.11. The molecule has 0 aliphatic carbocycles. The van der Waals surface area contributed by atoms with Crippen LogP contribution in [0.1, 0.15) is 16.1 Å². The summed E-state index contributed by atoms with van der Waals surface area (Å²) in [4.78, 5) is 25.6. The summed E-state index contributed by atoms with van der Waals surface area (Å²) in [5.74, 6) is -0.408. The molecule has 0 atom stereocenters. The lowest BCUT2D eigenvalue weighted by molar-refractivity contribution is 0.102. The molecule has 98 valence electrons. The fourth-order valence-corrected chi connectivity index (χ4v) is 2.29. The van der Waals surface area contributed by atoms with E-state index in [4.69, 9.17) is 5.73 Å². The van der Waals surface area contributed by atoms with Crippen LogP contribution >= 0.6 is 15.9 Å². The number of nitrogens with one attached hydrogen (secondary N) is 2. The fourth-order valence-electron chi connectivity index (χ4n) is 1.70. The lowest BCUT2D eigenvalue weighted by Gasteiger charge is -2.11. The van der Waals surface area contributed by atoms with Crippen molar-refractivity contribution >= 4 is 33.2 Å². The largest absolute Gasteiger partial charge is 0.397 e. The molecule has 0 radical (unpaired) electrons. The van der Waals surface area contributed by atoms with Crippen LogP contribution in [-0.4, -0.2) is 10.9 Å². The van der Waals surface area contributed by atoms with Gasteiger partial charge in [-0.1, -0.05) is 22.0 Å². The van der Waals surface area contributed by atoms with Gasteiger partial charge in [0, 0.05) is 10.5 Å². The Labute approximate surface area is 118 Å². The van der Waals surface area contributed by atoms with Crippen LogP contribution in [-0.2, 0) is 0 Å². The number of carbonyl (C=O) groups excluding carboxylic acids is 1. The molecule has 0 fully saturated rings. The minimum absolute atomic E-state index is 0.189. The lowest BCUT2D eigenvalue weighted by atomic mass is 10.1. The van der Waals surface area contributed by atoms with Crippen molar-refractivity contribution < 1.29 is 4.79 Å². The zero-order valence-corrected chi connectivity index (χ0v) is 11.7. The van der Waals surface area contributed by atoms with Crippen LogP contribution in [0.4, 0.5) is 11.4 Å². The maximum Gasteiger partial charge on any atom is 0.272 e. The first kappa shape index (κ1) is 13.4. The van der Waals surface area contributed by atoms with Crippen molar-refractivity contribution in [3.05, 3.63) is 56.4 Å². The molecule has 0 saturated heterocycles. The third-order valence-electron chi connectivity index (χ3n) is 2.58. The Morgan fingerprint density at radius 3 is 2.74 bits per heavy atom. The smallest absolute Gasteiger partial charge is 0.272 e. The predicted octanol–water partition coefficient (Wildman–Crippen LogP) is 2.28. The maximum absolute atomic E-state index is 12.0. The van der Waals surface area contributed by atoms with Crippen molar-refractivity contribution in [2.24, 2.45) is 0 Å². The number of pyridine rings is 1. The Morgan fingerprint density at radius 2 is 2.11 bits per heavy atom. The molecule has 0 saturated carbocycles. The van der Waals surface area contributed by atoms with Crippen molar-refractivity contribution in [1.29, 1.82) is 0 Å². The molecule has 1 aromatic carbocycles. The van der Waals surface area contributed by atoms with E-state index in [0.29, 0.717) is 11.4 Å². The number of aryl methyl sites for hydroxylation is 1. The number of rotatable bonds is 2. The van der Waals surface area contributed by atoms with E-state index in [9.17, 15) is 9.59 Å². The van der Waals surface area contributed by atoms with Crippen LogP contribution < -0.4 is 16.6 Å². The highest BCUT2D eigenvalue weighted by molar-refractivity contribution is 9.10. The van der Waals surface area contributed by atoms with E-state index in [1.54, 1.807) is 6.07 Å². The third kappa shape index (κ3) is 3.03. The number of nitrogen functional groups attached to an aromatic ring is 1. The van der Waals surface area contributed by atoms with Crippen LogP contribution in [0.2, 0.25) is 0 Å². The summed E-state index contributed by atoms with van der Waals surface area (Å²) >= 11 is 3.33. The van der Waals surface area contributed by atoms with Gasteiger partial charge >= 0.3 is 0 Å². The van der Waals surface area contributed by atoms with Gasteiger partial charge in [0.25, 0.3) is 5.91 Å². The number of H-pyrrole nitrogens is 1. The minimum atomic E-state index is -0.408. The Balaban J connectivity index is 2.32. The van der Waals surface area contributed by atoms with Gasteiger partial charge in [-0.05, 0) is 30.7 Å². The molecule has 2 rings (SSSR count). The Kier molecular flexibility index (Phi) is 3.71. The standard InChI is InChI=1S/C13H12BrN3O2/c1-7-5-8(14)6-9(15)12(7)17-13(19)10-3-2-4-11(18)16-10/h2-6H,15H2,1H3,(H,16,18)(H,17,19). The SMILES string of the molecule is Cc1cc(Br)cc(N)c1NC(=O)c1cccc(=O)[nH]1. The van der Waals surface area contributed by atoms with E-state index in [-0.39, 0.29) is 11.3 Å². The van der Waals surface area contributed by atoms with Crippen LogP contribution in [0.15, 0.2) is 39.6 Å². The maximum atomic E-state index is 12.0. The number of benzene rings is 1. The third-order valence-corrected chi connectivity index (χ3v) is 3.04. The summed E-state index contributed by atoms with van der Waals surface area (Å²) in [6, 6.07) is 7.94. The number of aromatic amines is 1. The first-order chi connectivity index (χ1) is 8.97. The van der Waals surface area contributed by atoms with Gasteiger partial charge in [0.15, 0.2) is 0 Å². The summed E-state index contributed by atoms with van der Waals surface area (Å²) in [7, 11) is 0. The molecule has 6 heteroatoms. The molecule has 0 spiro atoms. The summed E-state index contributed by atoms with van der Waals surface area (Å²) in [6.07, 6.45) is 0. The summed E-state index contributed by atoms with van der Waals surface area (Å²) < 4.78 is 0.841. The van der Waals surface area contributed by atoms with Gasteiger partial charge in [-0.15, -0.1) is 0 Å². The van der Waals surface area contributed by atoms with Gasteiger partial charge in [-0.25, -0.2) is 0 Å². The minimum Gasteiger partial charge on any atom is -0.397 e. The molecule has 0 aliphatic heterocycles. The van der Waals surface area contributed by atoms with Crippen molar-refractivity contribution in [2.75, 3.05) is 11.1 Å². The number of carbonyl (C=O) groups is 1. The molecular formula is C13H12BrN3O2. The van der Waals surface area contributed by atoms with Gasteiger partial charge in [0.1, 0.15) is 5.69 Å². The Bertz CT molecular complexity index is 671. The molecular weight excluding hydrogens is 310 g/mol. The second-order valence-electron chi connectivity index (χ2n) is 4.07. The van der Waals surface area contributed by atoms with E-state index in [1.165, 1.54) is 18.2 Å². The van der Waals surface area contributed by atoms with E-state index in [2.05, 4.69) is 26.2 Å². The number of hydrogen-bond donors (Lipinski definition) is 3. The van der Waals surface area contributed by atoms with Gasteiger partial charge in [-0.2, -0.15) is 0 Å². The Morgan fingerprint density at radius 1 is 1.37 bits per heavy atom. The van der Waals surface area contributed by atoms with E-state index in [0.717, 1.165) is 10.0 Å². The molecule has 1 heterocycles. The normalized spacial score (nSPS) is 10.2. The second kappa shape index (κ2) is 5.27. The number of aromatic nitrogens is 1. The van der Waals surface area contributed by atoms with Gasteiger partial charge < -0.3 is 16.0 Å². The van der Waals surface area contributed by atoms with Crippen LogP contribution in [0.25, 0.3) is 0 Å². The molecule has 1 amide bonds. The fraction of sp³-hybridized carbons (Fsp3) is 0.0769. The average Bonchev–Trinajstić information content (AvgIpc) is 2.33. The van der Waals surface area contributed by atoms with Crippen LogP contribution in [0.3, 0.4) is 0 Å². The Hall–Kier alpha value is -2.08.